The minimum absolute atomic E-state index is 0.178. The maximum Gasteiger partial charge on any atom is 0.266 e. The van der Waals surface area contributed by atoms with Gasteiger partial charge in [-0.05, 0) is 32.1 Å². The first-order valence-electron chi connectivity index (χ1n) is 8.10. The SMILES string of the molecule is CC(C)(C(=O)/C=c1\[nH]c(=O)/c(=C/c2cc3cccnc3s2)s1)n1cncn1. The smallest absolute Gasteiger partial charge is 0.266 e. The number of thiophene rings is 1. The zero-order valence-electron chi connectivity index (χ0n) is 14.5. The third-order valence-electron chi connectivity index (χ3n) is 4.12. The third-order valence-corrected chi connectivity index (χ3v) is 6.09. The molecule has 9 heteroatoms. The summed E-state index contributed by atoms with van der Waals surface area (Å²) in [5.41, 5.74) is -1.11. The lowest BCUT2D eigenvalue weighted by Crippen LogP contribution is -2.36. The van der Waals surface area contributed by atoms with Crippen LogP contribution in [0.1, 0.15) is 18.7 Å². The molecule has 0 spiro atoms. The van der Waals surface area contributed by atoms with Gasteiger partial charge in [0.15, 0.2) is 5.78 Å². The lowest BCUT2D eigenvalue weighted by molar-refractivity contribution is -0.120. The van der Waals surface area contributed by atoms with Crippen molar-refractivity contribution < 1.29 is 4.79 Å². The Hall–Kier alpha value is -2.91. The lowest BCUT2D eigenvalue weighted by atomic mass is 10.00. The Bertz CT molecular complexity index is 1260. The van der Waals surface area contributed by atoms with Crippen molar-refractivity contribution in [1.82, 2.24) is 24.7 Å². The number of carbonyl (C=O) groups excluding carboxylic acids is 1. The number of rotatable bonds is 4. The van der Waals surface area contributed by atoms with Crippen LogP contribution < -0.4 is 14.8 Å². The molecule has 0 saturated carbocycles. The number of thiazole rings is 1. The molecule has 0 aliphatic heterocycles. The number of ketones is 1. The summed E-state index contributed by atoms with van der Waals surface area (Å²) < 4.78 is 2.54. The summed E-state index contributed by atoms with van der Waals surface area (Å²) in [5.74, 6) is -0.178. The predicted octanol–water partition coefficient (Wildman–Crippen LogP) is 1.25. The molecular formula is C18H15N5O2S2. The van der Waals surface area contributed by atoms with Gasteiger partial charge in [0.05, 0.1) is 9.20 Å². The summed E-state index contributed by atoms with van der Waals surface area (Å²) in [6.45, 7) is 3.51. The van der Waals surface area contributed by atoms with E-state index in [9.17, 15) is 9.59 Å². The van der Waals surface area contributed by atoms with Crippen LogP contribution in [0.25, 0.3) is 22.4 Å². The van der Waals surface area contributed by atoms with Gasteiger partial charge >= 0.3 is 0 Å². The number of pyridine rings is 1. The van der Waals surface area contributed by atoms with E-state index in [-0.39, 0.29) is 11.3 Å². The van der Waals surface area contributed by atoms with Gasteiger partial charge in [-0.2, -0.15) is 5.10 Å². The predicted molar refractivity (Wildman–Crippen MR) is 106 cm³/mol. The molecule has 4 rings (SSSR count). The van der Waals surface area contributed by atoms with Gasteiger partial charge in [0.2, 0.25) is 0 Å². The molecule has 0 amide bonds. The van der Waals surface area contributed by atoms with Gasteiger partial charge in [0.25, 0.3) is 5.56 Å². The summed E-state index contributed by atoms with van der Waals surface area (Å²) in [6, 6.07) is 5.86. The van der Waals surface area contributed by atoms with Crippen molar-refractivity contribution in [3.8, 4) is 0 Å². The average Bonchev–Trinajstić information content (AvgIpc) is 3.35. The van der Waals surface area contributed by atoms with E-state index in [1.165, 1.54) is 46.1 Å². The molecule has 0 aromatic carbocycles. The van der Waals surface area contributed by atoms with Crippen LogP contribution in [0.2, 0.25) is 0 Å². The molecule has 4 aromatic heterocycles. The van der Waals surface area contributed by atoms with Gasteiger partial charge in [0.1, 0.15) is 23.0 Å². The van der Waals surface area contributed by atoms with E-state index in [1.54, 1.807) is 20.0 Å². The molecule has 0 aliphatic rings. The summed E-state index contributed by atoms with van der Waals surface area (Å²) in [5, 5.41) is 5.08. The molecule has 136 valence electrons. The maximum absolute atomic E-state index is 12.7. The molecule has 4 heterocycles. The second-order valence-electron chi connectivity index (χ2n) is 6.38. The molecule has 0 unspecified atom stereocenters. The van der Waals surface area contributed by atoms with Crippen LogP contribution in [-0.2, 0) is 10.3 Å². The van der Waals surface area contributed by atoms with Crippen LogP contribution in [-0.4, -0.2) is 30.5 Å². The van der Waals surface area contributed by atoms with Gasteiger partial charge in [-0.25, -0.2) is 14.6 Å². The molecule has 7 nitrogen and oxygen atoms in total. The number of Topliss-reactive ketones (excluding diaryl/α,β-unsaturated/α-hetero) is 1. The van der Waals surface area contributed by atoms with Crippen LogP contribution in [0, 0.1) is 0 Å². The zero-order valence-corrected chi connectivity index (χ0v) is 16.2. The summed E-state index contributed by atoms with van der Waals surface area (Å²) in [7, 11) is 0. The third kappa shape index (κ3) is 3.38. The van der Waals surface area contributed by atoms with Gasteiger partial charge in [-0.3, -0.25) is 9.59 Å². The number of hydrogen-bond donors (Lipinski definition) is 1. The van der Waals surface area contributed by atoms with E-state index in [4.69, 9.17) is 0 Å². The molecule has 4 aromatic rings. The Morgan fingerprint density at radius 3 is 2.93 bits per heavy atom. The molecule has 0 aliphatic carbocycles. The average molecular weight is 397 g/mol. The standard InChI is InChI=1S/C18H15N5O2S2/c1-18(2,23-10-19-9-21-23)14(24)8-15-22-16(25)13(27-15)7-12-6-11-4-3-5-20-17(11)26-12/h3-10H,1-2H3,(H,22,25)/b13-7-,15-8+. The molecule has 0 fully saturated rings. The summed E-state index contributed by atoms with van der Waals surface area (Å²) >= 11 is 2.76. The normalized spacial score (nSPS) is 13.6. The first-order chi connectivity index (χ1) is 12.9. The molecular weight excluding hydrogens is 382 g/mol. The van der Waals surface area contributed by atoms with E-state index < -0.39 is 5.54 Å². The minimum Gasteiger partial charge on any atom is -0.313 e. The van der Waals surface area contributed by atoms with Crippen molar-refractivity contribution in [2.45, 2.75) is 19.4 Å². The van der Waals surface area contributed by atoms with Crippen molar-refractivity contribution in [3.63, 3.8) is 0 Å². The molecule has 0 radical (unpaired) electrons. The van der Waals surface area contributed by atoms with E-state index >= 15 is 0 Å². The highest BCUT2D eigenvalue weighted by molar-refractivity contribution is 7.19. The maximum atomic E-state index is 12.7. The van der Waals surface area contributed by atoms with Gasteiger partial charge < -0.3 is 4.98 Å². The second kappa shape index (κ2) is 6.67. The highest BCUT2D eigenvalue weighted by Crippen LogP contribution is 2.23. The minimum atomic E-state index is -0.890. The quantitative estimate of drug-likeness (QED) is 0.559. The van der Waals surface area contributed by atoms with Gasteiger partial charge in [-0.1, -0.05) is 6.07 Å². The van der Waals surface area contributed by atoms with Crippen molar-refractivity contribution in [2.24, 2.45) is 0 Å². The highest BCUT2D eigenvalue weighted by atomic mass is 32.1. The molecule has 0 atom stereocenters. The Labute approximate surface area is 161 Å². The topological polar surface area (TPSA) is 93.5 Å². The molecule has 0 bridgehead atoms. The van der Waals surface area contributed by atoms with E-state index in [0.29, 0.717) is 9.20 Å². The van der Waals surface area contributed by atoms with Crippen LogP contribution in [0.4, 0.5) is 0 Å². The number of carbonyl (C=O) groups is 1. The van der Waals surface area contributed by atoms with Crippen molar-refractivity contribution in [1.29, 1.82) is 0 Å². The molecule has 27 heavy (non-hydrogen) atoms. The zero-order chi connectivity index (χ0) is 19.0. The number of nitrogens with one attached hydrogen (secondary N) is 1. The number of H-pyrrole nitrogens is 1. The number of fused-ring (bicyclic) bond motifs is 1. The Kier molecular flexibility index (Phi) is 4.33. The van der Waals surface area contributed by atoms with Crippen LogP contribution in [0.15, 0.2) is 41.8 Å². The highest BCUT2D eigenvalue weighted by Gasteiger charge is 2.28. The lowest BCUT2D eigenvalue weighted by Gasteiger charge is -2.20. The Morgan fingerprint density at radius 2 is 2.19 bits per heavy atom. The second-order valence-corrected chi connectivity index (χ2v) is 8.53. The fourth-order valence-electron chi connectivity index (χ4n) is 2.52. The van der Waals surface area contributed by atoms with Crippen molar-refractivity contribution in [3.05, 3.63) is 61.5 Å². The van der Waals surface area contributed by atoms with Crippen molar-refractivity contribution >= 4 is 50.8 Å². The van der Waals surface area contributed by atoms with Gasteiger partial charge in [0, 0.05) is 22.5 Å². The van der Waals surface area contributed by atoms with E-state index in [0.717, 1.165) is 15.1 Å². The molecule has 1 N–H and O–H groups in total. The first kappa shape index (κ1) is 17.5. The van der Waals surface area contributed by atoms with Crippen LogP contribution >= 0.6 is 22.7 Å². The number of hydrogen-bond acceptors (Lipinski definition) is 7. The van der Waals surface area contributed by atoms with Crippen molar-refractivity contribution in [2.75, 3.05) is 0 Å². The molecule has 0 saturated heterocycles. The fraction of sp³-hybridized carbons (Fsp3) is 0.167. The van der Waals surface area contributed by atoms with Crippen LogP contribution in [0.5, 0.6) is 0 Å². The van der Waals surface area contributed by atoms with E-state index in [1.807, 2.05) is 24.3 Å². The number of aromatic amines is 1. The van der Waals surface area contributed by atoms with Crippen LogP contribution in [0.3, 0.4) is 0 Å². The van der Waals surface area contributed by atoms with Gasteiger partial charge in [-0.15, -0.1) is 22.7 Å². The first-order valence-corrected chi connectivity index (χ1v) is 9.73. The fourth-order valence-corrected chi connectivity index (χ4v) is 4.42. The Balaban J connectivity index is 1.71. The largest absolute Gasteiger partial charge is 0.313 e. The number of nitrogens with zero attached hydrogens (tertiary/aromatic N) is 4. The number of aromatic nitrogens is 5. The van der Waals surface area contributed by atoms with E-state index in [2.05, 4.69) is 20.1 Å². The monoisotopic (exact) mass is 397 g/mol. The summed E-state index contributed by atoms with van der Waals surface area (Å²) in [6.07, 6.45) is 7.89. The Morgan fingerprint density at radius 1 is 1.33 bits per heavy atom. The summed E-state index contributed by atoms with van der Waals surface area (Å²) in [4.78, 5) is 37.7.